The molecule has 0 radical (unpaired) electrons. The third kappa shape index (κ3) is 5.34. The minimum Gasteiger partial charge on any atom is -0.482 e. The first-order valence-corrected chi connectivity index (χ1v) is 9.08. The molecule has 1 aromatic rings. The third-order valence-corrected chi connectivity index (χ3v) is 4.81. The zero-order valence-corrected chi connectivity index (χ0v) is 15.5. The molecule has 0 heterocycles. The maximum atomic E-state index is 12.2. The zero-order chi connectivity index (χ0) is 18.4. The van der Waals surface area contributed by atoms with Crippen LogP contribution in [0.1, 0.15) is 33.1 Å². The predicted octanol–water partition coefficient (Wildman–Crippen LogP) is 2.65. The van der Waals surface area contributed by atoms with Gasteiger partial charge in [-0.1, -0.05) is 11.6 Å². The Morgan fingerprint density at radius 1 is 1.32 bits per heavy atom. The zero-order valence-electron chi connectivity index (χ0n) is 14.8. The van der Waals surface area contributed by atoms with Gasteiger partial charge in [-0.25, -0.2) is 0 Å². The Labute approximate surface area is 153 Å². The van der Waals surface area contributed by atoms with Crippen molar-refractivity contribution in [3.05, 3.63) is 23.2 Å². The maximum Gasteiger partial charge on any atom is 0.260 e. The summed E-state index contributed by atoms with van der Waals surface area (Å²) < 4.78 is 5.50. The van der Waals surface area contributed by atoms with Crippen molar-refractivity contribution in [3.8, 4) is 5.75 Å². The number of benzene rings is 1. The minimum atomic E-state index is -0.0870. The van der Waals surface area contributed by atoms with Gasteiger partial charge in [0.05, 0.1) is 5.02 Å². The normalized spacial score (nSPS) is 19.5. The summed E-state index contributed by atoms with van der Waals surface area (Å²) >= 11 is 6.21. The largest absolute Gasteiger partial charge is 0.482 e. The molecular weight excluding hydrogens is 342 g/mol. The Balaban J connectivity index is 1.91. The number of ether oxygens (including phenoxy) is 1. The fraction of sp³-hybridized carbons (Fsp3) is 0.556. The molecule has 1 aliphatic carbocycles. The van der Waals surface area contributed by atoms with Crippen LogP contribution in [0.2, 0.25) is 5.02 Å². The van der Waals surface area contributed by atoms with E-state index in [9.17, 15) is 9.59 Å². The molecule has 0 spiro atoms. The number of carbonyl (C=O) groups excluding carboxylic acids is 2. The number of rotatable bonds is 7. The molecule has 3 N–H and O–H groups in total. The van der Waals surface area contributed by atoms with Gasteiger partial charge < -0.3 is 20.7 Å². The average Bonchev–Trinajstić information content (AvgIpc) is 3.02. The Morgan fingerprint density at radius 3 is 2.60 bits per heavy atom. The van der Waals surface area contributed by atoms with Crippen molar-refractivity contribution in [3.63, 3.8) is 0 Å². The van der Waals surface area contributed by atoms with E-state index in [0.29, 0.717) is 36.0 Å². The molecule has 0 saturated heterocycles. The van der Waals surface area contributed by atoms with Crippen LogP contribution in [0.25, 0.3) is 0 Å². The van der Waals surface area contributed by atoms with E-state index in [-0.39, 0.29) is 30.4 Å². The van der Waals surface area contributed by atoms with Gasteiger partial charge in [-0.3, -0.25) is 9.59 Å². The molecule has 1 saturated carbocycles. The second-order valence-electron chi connectivity index (χ2n) is 6.26. The lowest BCUT2D eigenvalue weighted by Gasteiger charge is -2.19. The second-order valence-corrected chi connectivity index (χ2v) is 6.67. The fourth-order valence-corrected chi connectivity index (χ4v) is 3.24. The molecule has 2 rings (SSSR count). The summed E-state index contributed by atoms with van der Waals surface area (Å²) in [6, 6.07) is 5.12. The van der Waals surface area contributed by atoms with Crippen molar-refractivity contribution < 1.29 is 14.3 Å². The highest BCUT2D eigenvalue weighted by molar-refractivity contribution is 6.32. The molecule has 2 unspecified atom stereocenters. The number of amides is 2. The molecule has 6 nitrogen and oxygen atoms in total. The van der Waals surface area contributed by atoms with Gasteiger partial charge in [0.15, 0.2) is 6.61 Å². The van der Waals surface area contributed by atoms with Crippen molar-refractivity contribution in [2.75, 3.05) is 25.0 Å². The number of nitrogens with one attached hydrogen (secondary N) is 1. The van der Waals surface area contributed by atoms with E-state index >= 15 is 0 Å². The first-order valence-electron chi connectivity index (χ1n) is 8.71. The highest BCUT2D eigenvalue weighted by atomic mass is 35.5. The lowest BCUT2D eigenvalue weighted by molar-refractivity contribution is -0.133. The smallest absolute Gasteiger partial charge is 0.260 e. The molecule has 1 aliphatic rings. The monoisotopic (exact) mass is 367 g/mol. The third-order valence-electron chi connectivity index (χ3n) is 4.51. The van der Waals surface area contributed by atoms with Crippen LogP contribution in [0.3, 0.4) is 0 Å². The summed E-state index contributed by atoms with van der Waals surface area (Å²) in [5.74, 6) is 0.255. The van der Waals surface area contributed by atoms with E-state index in [4.69, 9.17) is 22.1 Å². The van der Waals surface area contributed by atoms with Gasteiger partial charge >= 0.3 is 0 Å². The molecule has 1 fully saturated rings. The number of carbonyl (C=O) groups is 2. The molecule has 0 bridgehead atoms. The first-order chi connectivity index (χ1) is 11.9. The van der Waals surface area contributed by atoms with Crippen LogP contribution in [-0.2, 0) is 9.59 Å². The van der Waals surface area contributed by atoms with Gasteiger partial charge in [0, 0.05) is 30.7 Å². The molecule has 1 aromatic carbocycles. The van der Waals surface area contributed by atoms with Crippen LogP contribution in [0, 0.1) is 5.92 Å². The Morgan fingerprint density at radius 2 is 2.04 bits per heavy atom. The van der Waals surface area contributed by atoms with Gasteiger partial charge in [0.2, 0.25) is 5.91 Å². The van der Waals surface area contributed by atoms with Crippen molar-refractivity contribution in [2.45, 2.75) is 39.2 Å². The number of anilines is 1. The van der Waals surface area contributed by atoms with Gasteiger partial charge in [-0.05, 0) is 51.3 Å². The summed E-state index contributed by atoms with van der Waals surface area (Å²) in [6.07, 6.45) is 2.41. The Bertz CT molecular complexity index is 620. The quantitative estimate of drug-likeness (QED) is 0.775. The van der Waals surface area contributed by atoms with E-state index in [1.807, 2.05) is 13.8 Å². The molecule has 138 valence electrons. The number of hydrogen-bond acceptors (Lipinski definition) is 4. The van der Waals surface area contributed by atoms with E-state index < -0.39 is 0 Å². The molecule has 0 aliphatic heterocycles. The van der Waals surface area contributed by atoms with Crippen LogP contribution in [0.5, 0.6) is 5.75 Å². The van der Waals surface area contributed by atoms with Crippen LogP contribution in [0.4, 0.5) is 5.69 Å². The molecule has 0 aromatic heterocycles. The summed E-state index contributed by atoms with van der Waals surface area (Å²) in [5, 5.41) is 3.22. The standard InChI is InChI=1S/C18H26ClN3O3/c1-3-22(4-2)17(23)11-25-16-8-7-14(10-15(16)19)21-18(24)12-5-6-13(20)9-12/h7-8,10,12-13H,3-6,9,11,20H2,1-2H3,(H,21,24). The first kappa shape index (κ1) is 19.5. The van der Waals surface area contributed by atoms with Crippen LogP contribution in [0.15, 0.2) is 18.2 Å². The SMILES string of the molecule is CCN(CC)C(=O)COc1ccc(NC(=O)C2CCC(N)C2)cc1Cl. The van der Waals surface area contributed by atoms with Crippen molar-refractivity contribution in [1.29, 1.82) is 0 Å². The van der Waals surface area contributed by atoms with E-state index in [2.05, 4.69) is 5.32 Å². The lowest BCUT2D eigenvalue weighted by atomic mass is 10.1. The lowest BCUT2D eigenvalue weighted by Crippen LogP contribution is -2.34. The predicted molar refractivity (Wildman–Crippen MR) is 98.8 cm³/mol. The molecular formula is C18H26ClN3O3. The topological polar surface area (TPSA) is 84.7 Å². The van der Waals surface area contributed by atoms with Gasteiger partial charge in [0.1, 0.15) is 5.75 Å². The second kappa shape index (κ2) is 9.06. The van der Waals surface area contributed by atoms with Crippen LogP contribution >= 0.6 is 11.6 Å². The maximum absolute atomic E-state index is 12.2. The van der Waals surface area contributed by atoms with E-state index in [0.717, 1.165) is 12.8 Å². The summed E-state index contributed by atoms with van der Waals surface area (Å²) in [5.41, 5.74) is 6.46. The van der Waals surface area contributed by atoms with Gasteiger partial charge in [0.25, 0.3) is 5.91 Å². The van der Waals surface area contributed by atoms with Crippen LogP contribution in [-0.4, -0.2) is 42.5 Å². The molecule has 2 amide bonds. The highest BCUT2D eigenvalue weighted by Crippen LogP contribution is 2.29. The molecule has 25 heavy (non-hydrogen) atoms. The van der Waals surface area contributed by atoms with Gasteiger partial charge in [-0.15, -0.1) is 0 Å². The summed E-state index contributed by atoms with van der Waals surface area (Å²) in [4.78, 5) is 25.9. The van der Waals surface area contributed by atoms with Crippen LogP contribution < -0.4 is 15.8 Å². The van der Waals surface area contributed by atoms with Crippen molar-refractivity contribution >= 4 is 29.1 Å². The summed E-state index contributed by atoms with van der Waals surface area (Å²) in [6.45, 7) is 5.06. The van der Waals surface area contributed by atoms with E-state index in [1.165, 1.54) is 0 Å². The average molecular weight is 368 g/mol. The number of halogens is 1. The highest BCUT2D eigenvalue weighted by Gasteiger charge is 2.27. The van der Waals surface area contributed by atoms with Crippen molar-refractivity contribution in [2.24, 2.45) is 11.7 Å². The fourth-order valence-electron chi connectivity index (χ4n) is 3.00. The van der Waals surface area contributed by atoms with E-state index in [1.54, 1.807) is 23.1 Å². The molecule has 7 heteroatoms. The van der Waals surface area contributed by atoms with Gasteiger partial charge in [-0.2, -0.15) is 0 Å². The Hall–Kier alpha value is -1.79. The number of likely N-dealkylation sites (N-methyl/N-ethyl adjacent to an activating group) is 1. The molecule has 2 atom stereocenters. The summed E-state index contributed by atoms with van der Waals surface area (Å²) in [7, 11) is 0. The Kier molecular flexibility index (Phi) is 7.08. The number of nitrogens with zero attached hydrogens (tertiary/aromatic N) is 1. The van der Waals surface area contributed by atoms with Crippen molar-refractivity contribution in [1.82, 2.24) is 4.90 Å². The number of nitrogens with two attached hydrogens (primary N) is 1. The number of hydrogen-bond donors (Lipinski definition) is 2. The minimum absolute atomic E-state index is 0.0330.